The van der Waals surface area contributed by atoms with Crippen LogP contribution in [0.2, 0.25) is 0 Å². The Balaban J connectivity index is 1.40. The second-order valence-corrected chi connectivity index (χ2v) is 10.3. The largest absolute Gasteiger partial charge is 0.483 e. The monoisotopic (exact) mass is 600 g/mol. The van der Waals surface area contributed by atoms with Crippen molar-refractivity contribution in [1.82, 2.24) is 20.8 Å². The number of carbonyl (C=O) groups is 2. The Labute approximate surface area is 206 Å². The minimum absolute atomic E-state index is 0.0899. The van der Waals surface area contributed by atoms with Crippen LogP contribution in [0.4, 0.5) is 0 Å². The molecule has 0 saturated carbocycles. The van der Waals surface area contributed by atoms with Gasteiger partial charge in [-0.15, -0.1) is 0 Å². The Morgan fingerprint density at radius 2 is 1.76 bits per heavy atom. The maximum atomic E-state index is 12.4. The molecule has 2 aromatic carbocycles. The van der Waals surface area contributed by atoms with Crippen molar-refractivity contribution in [1.29, 1.82) is 0 Å². The molecule has 1 aromatic heterocycles. The highest BCUT2D eigenvalue weighted by atomic mass is 79.9. The zero-order valence-electron chi connectivity index (χ0n) is 17.0. The number of carbonyl (C=O) groups excluding carboxylic acids is 2. The average molecular weight is 602 g/mol. The van der Waals surface area contributed by atoms with Gasteiger partial charge in [-0.2, -0.15) is 4.98 Å². The van der Waals surface area contributed by atoms with E-state index >= 15 is 0 Å². The summed E-state index contributed by atoms with van der Waals surface area (Å²) in [6, 6.07) is 13.1. The first-order chi connectivity index (χ1) is 15.7. The molecule has 3 rings (SSSR count). The van der Waals surface area contributed by atoms with Crippen molar-refractivity contribution >= 4 is 53.5 Å². The third kappa shape index (κ3) is 7.37. The third-order valence-corrected chi connectivity index (χ3v) is 6.81. The molecule has 1 heterocycles. The fourth-order valence-electron chi connectivity index (χ4n) is 2.53. The van der Waals surface area contributed by atoms with Gasteiger partial charge in [0.2, 0.25) is 0 Å². The van der Waals surface area contributed by atoms with Crippen molar-refractivity contribution in [3.05, 3.63) is 69.2 Å². The van der Waals surface area contributed by atoms with Gasteiger partial charge in [0.15, 0.2) is 22.3 Å². The van der Waals surface area contributed by atoms with E-state index in [0.717, 1.165) is 4.47 Å². The van der Waals surface area contributed by atoms with Crippen LogP contribution in [-0.4, -0.2) is 50.1 Å². The summed E-state index contributed by atoms with van der Waals surface area (Å²) in [4.78, 5) is 27.9. The molecule has 174 valence electrons. The second-order valence-electron chi connectivity index (χ2n) is 6.56. The molecule has 10 nitrogen and oxygen atoms in total. The van der Waals surface area contributed by atoms with E-state index in [4.69, 9.17) is 9.26 Å². The third-order valence-electron chi connectivity index (χ3n) is 4.07. The Hall–Kier alpha value is -2.77. The van der Waals surface area contributed by atoms with E-state index in [0.29, 0.717) is 10.2 Å². The molecular weight excluding hydrogens is 584 g/mol. The van der Waals surface area contributed by atoms with Gasteiger partial charge in [-0.25, -0.2) is 8.42 Å². The molecule has 2 amide bonds. The molecule has 0 aliphatic rings. The van der Waals surface area contributed by atoms with Crippen molar-refractivity contribution in [2.45, 2.75) is 10.6 Å². The van der Waals surface area contributed by atoms with Crippen LogP contribution in [0.25, 0.3) is 0 Å². The molecule has 0 fully saturated rings. The molecule has 2 N–H and O–H groups in total. The zero-order chi connectivity index (χ0) is 23.8. The van der Waals surface area contributed by atoms with Gasteiger partial charge >= 0.3 is 11.8 Å². The lowest BCUT2D eigenvalue weighted by Gasteiger charge is -2.09. The van der Waals surface area contributed by atoms with Crippen LogP contribution in [0.5, 0.6) is 5.75 Å². The molecule has 0 saturated heterocycles. The molecule has 33 heavy (non-hydrogen) atoms. The SMILES string of the molecule is O=C(COc1ccc(Br)cc1Br)NCCNC(=O)c1nc(CS(=O)(=O)c2ccccc2)no1. The van der Waals surface area contributed by atoms with Crippen molar-refractivity contribution in [2.75, 3.05) is 19.7 Å². The van der Waals surface area contributed by atoms with Gasteiger partial charge in [0.1, 0.15) is 11.5 Å². The van der Waals surface area contributed by atoms with Crippen LogP contribution in [0.15, 0.2) is 66.9 Å². The van der Waals surface area contributed by atoms with E-state index in [9.17, 15) is 18.0 Å². The number of hydrogen-bond donors (Lipinski definition) is 2. The average Bonchev–Trinajstić information content (AvgIpc) is 3.24. The summed E-state index contributed by atoms with van der Waals surface area (Å²) < 4.78 is 36.5. The van der Waals surface area contributed by atoms with Crippen LogP contribution in [-0.2, 0) is 20.4 Å². The maximum Gasteiger partial charge on any atom is 0.315 e. The molecule has 0 atom stereocenters. The van der Waals surface area contributed by atoms with Gasteiger partial charge in [0, 0.05) is 17.6 Å². The predicted octanol–water partition coefficient (Wildman–Crippen LogP) is 2.49. The van der Waals surface area contributed by atoms with Gasteiger partial charge in [-0.05, 0) is 46.3 Å². The van der Waals surface area contributed by atoms with E-state index in [-0.39, 0.29) is 42.2 Å². The van der Waals surface area contributed by atoms with Crippen LogP contribution in [0.1, 0.15) is 16.5 Å². The summed E-state index contributed by atoms with van der Waals surface area (Å²) in [7, 11) is -3.67. The summed E-state index contributed by atoms with van der Waals surface area (Å²) in [5.41, 5.74) is 0. The van der Waals surface area contributed by atoms with Crippen molar-refractivity contribution < 1.29 is 27.3 Å². The number of nitrogens with zero attached hydrogens (tertiary/aromatic N) is 2. The van der Waals surface area contributed by atoms with E-state index in [1.165, 1.54) is 12.1 Å². The molecule has 0 aliphatic carbocycles. The highest BCUT2D eigenvalue weighted by molar-refractivity contribution is 9.11. The van der Waals surface area contributed by atoms with Gasteiger partial charge < -0.3 is 19.9 Å². The summed E-state index contributed by atoms with van der Waals surface area (Å²) in [5, 5.41) is 8.65. The Morgan fingerprint density at radius 1 is 1.03 bits per heavy atom. The lowest BCUT2D eigenvalue weighted by Crippen LogP contribution is -2.36. The van der Waals surface area contributed by atoms with Crippen LogP contribution in [0.3, 0.4) is 0 Å². The number of rotatable bonds is 10. The minimum atomic E-state index is -3.67. The molecule has 3 aromatic rings. The van der Waals surface area contributed by atoms with Crippen molar-refractivity contribution in [2.24, 2.45) is 0 Å². The first kappa shape index (κ1) is 24.9. The number of hydrogen-bond acceptors (Lipinski definition) is 8. The Bertz CT molecular complexity index is 1230. The molecular formula is C20H18Br2N4O6S. The van der Waals surface area contributed by atoms with E-state index < -0.39 is 21.5 Å². The molecule has 0 aliphatic heterocycles. The van der Waals surface area contributed by atoms with Crippen molar-refractivity contribution in [3.63, 3.8) is 0 Å². The highest BCUT2D eigenvalue weighted by Gasteiger charge is 2.21. The number of benzene rings is 2. The smallest absolute Gasteiger partial charge is 0.315 e. The van der Waals surface area contributed by atoms with Gasteiger partial charge in [0.25, 0.3) is 5.91 Å². The molecule has 0 spiro atoms. The van der Waals surface area contributed by atoms with E-state index in [2.05, 4.69) is 52.6 Å². The van der Waals surface area contributed by atoms with Crippen molar-refractivity contribution in [3.8, 4) is 5.75 Å². The number of amides is 2. The number of nitrogens with one attached hydrogen (secondary N) is 2. The standard InChI is InChI=1S/C20H18Br2N4O6S/c21-13-6-7-16(15(22)10-13)31-11-18(27)23-8-9-24-19(28)20-25-17(26-32-20)12-33(29,30)14-4-2-1-3-5-14/h1-7,10H,8-9,11-12H2,(H,23,27)(H,24,28). The topological polar surface area (TPSA) is 140 Å². The zero-order valence-corrected chi connectivity index (χ0v) is 20.9. The van der Waals surface area contributed by atoms with Crippen LogP contribution >= 0.6 is 31.9 Å². The fourth-order valence-corrected chi connectivity index (χ4v) is 4.88. The Kier molecular flexibility index (Phi) is 8.58. The van der Waals surface area contributed by atoms with Crippen LogP contribution < -0.4 is 15.4 Å². The molecule has 0 bridgehead atoms. The van der Waals surface area contributed by atoms with Gasteiger partial charge in [-0.1, -0.05) is 39.3 Å². The lowest BCUT2D eigenvalue weighted by atomic mass is 10.3. The number of sulfone groups is 1. The second kappa shape index (κ2) is 11.4. The summed E-state index contributed by atoms with van der Waals surface area (Å²) in [5.74, 6) is -1.54. The summed E-state index contributed by atoms with van der Waals surface area (Å²) in [6.07, 6.45) is 0. The quantitative estimate of drug-likeness (QED) is 0.338. The number of aromatic nitrogens is 2. The normalized spacial score (nSPS) is 11.1. The predicted molar refractivity (Wildman–Crippen MR) is 124 cm³/mol. The maximum absolute atomic E-state index is 12.4. The van der Waals surface area contributed by atoms with E-state index in [1.54, 1.807) is 36.4 Å². The highest BCUT2D eigenvalue weighted by Crippen LogP contribution is 2.28. The fraction of sp³-hybridized carbons (Fsp3) is 0.200. The number of halogens is 2. The Morgan fingerprint density at radius 3 is 2.48 bits per heavy atom. The number of ether oxygens (including phenoxy) is 1. The first-order valence-electron chi connectivity index (χ1n) is 9.48. The molecule has 0 radical (unpaired) electrons. The van der Waals surface area contributed by atoms with Crippen LogP contribution in [0, 0.1) is 0 Å². The molecule has 13 heteroatoms. The lowest BCUT2D eigenvalue weighted by molar-refractivity contribution is -0.123. The van der Waals surface area contributed by atoms with Gasteiger partial charge in [-0.3, -0.25) is 9.59 Å². The molecule has 0 unspecified atom stereocenters. The summed E-state index contributed by atoms with van der Waals surface area (Å²) >= 11 is 6.67. The van der Waals surface area contributed by atoms with E-state index in [1.807, 2.05) is 0 Å². The van der Waals surface area contributed by atoms with Gasteiger partial charge in [0.05, 0.1) is 9.37 Å². The minimum Gasteiger partial charge on any atom is -0.483 e. The summed E-state index contributed by atoms with van der Waals surface area (Å²) in [6.45, 7) is 0.0302. The first-order valence-corrected chi connectivity index (χ1v) is 12.7.